The van der Waals surface area contributed by atoms with E-state index < -0.39 is 0 Å². The van der Waals surface area contributed by atoms with Crippen LogP contribution in [0.4, 0.5) is 0 Å². The molecule has 0 spiro atoms. The molecule has 0 aliphatic heterocycles. The van der Waals surface area contributed by atoms with Crippen LogP contribution >= 0.6 is 0 Å². The van der Waals surface area contributed by atoms with Gasteiger partial charge in [-0.15, -0.1) is 0 Å². The molecule has 1 atom stereocenters. The molecule has 1 unspecified atom stereocenters. The highest BCUT2D eigenvalue weighted by molar-refractivity contribution is 4.83. The fraction of sp³-hybridized carbons (Fsp3) is 0.833. The number of hydrogen-bond donors (Lipinski definition) is 0. The Balaban J connectivity index is 3.70. The average Bonchev–Trinajstić information content (AvgIpc) is 2.03. The van der Waals surface area contributed by atoms with Crippen molar-refractivity contribution in [2.45, 2.75) is 53.4 Å². The second-order valence-corrected chi connectivity index (χ2v) is 3.91. The van der Waals surface area contributed by atoms with Crippen molar-refractivity contribution in [2.75, 3.05) is 0 Å². The fourth-order valence-corrected chi connectivity index (χ4v) is 1.53. The standard InChI is InChI=1S/C12H24/c1-5-7-8-10-12(9-6-2)11(3)4/h7-8,11-12H,5-6,9-10H2,1-4H3. The minimum Gasteiger partial charge on any atom is -0.0888 e. The van der Waals surface area contributed by atoms with Crippen LogP contribution in [0.5, 0.6) is 0 Å². The molecule has 0 nitrogen and oxygen atoms in total. The molecule has 0 N–H and O–H groups in total. The molecule has 0 heteroatoms. The minimum atomic E-state index is 0.839. The molecule has 0 aromatic heterocycles. The molecular weight excluding hydrogens is 144 g/mol. The summed E-state index contributed by atoms with van der Waals surface area (Å²) in [6.07, 6.45) is 9.79. The monoisotopic (exact) mass is 168 g/mol. The summed E-state index contributed by atoms with van der Waals surface area (Å²) < 4.78 is 0. The minimum absolute atomic E-state index is 0.839. The molecule has 0 fully saturated rings. The number of rotatable bonds is 6. The summed E-state index contributed by atoms with van der Waals surface area (Å²) in [6, 6.07) is 0. The fourth-order valence-electron chi connectivity index (χ4n) is 1.53. The normalized spacial score (nSPS) is 14.4. The second-order valence-electron chi connectivity index (χ2n) is 3.91. The first-order valence-electron chi connectivity index (χ1n) is 5.37. The Kier molecular flexibility index (Phi) is 7.23. The summed E-state index contributed by atoms with van der Waals surface area (Å²) in [5, 5.41) is 0. The highest BCUT2D eigenvalue weighted by atomic mass is 14.1. The molecule has 0 aliphatic carbocycles. The molecule has 0 heterocycles. The van der Waals surface area contributed by atoms with E-state index in [4.69, 9.17) is 0 Å². The van der Waals surface area contributed by atoms with Gasteiger partial charge in [-0.1, -0.05) is 52.7 Å². The van der Waals surface area contributed by atoms with E-state index in [1.54, 1.807) is 0 Å². The lowest BCUT2D eigenvalue weighted by Crippen LogP contribution is -2.06. The van der Waals surface area contributed by atoms with Crippen molar-refractivity contribution in [3.63, 3.8) is 0 Å². The molecule has 0 amide bonds. The zero-order chi connectivity index (χ0) is 9.40. The molecule has 0 aromatic rings. The summed E-state index contributed by atoms with van der Waals surface area (Å²) in [6.45, 7) is 9.14. The van der Waals surface area contributed by atoms with Crippen LogP contribution in [0.1, 0.15) is 53.4 Å². The van der Waals surface area contributed by atoms with Gasteiger partial charge < -0.3 is 0 Å². The smallest absolute Gasteiger partial charge is 0.0320 e. The van der Waals surface area contributed by atoms with Crippen LogP contribution in [0.2, 0.25) is 0 Å². The van der Waals surface area contributed by atoms with Gasteiger partial charge in [0, 0.05) is 0 Å². The molecular formula is C12H24. The van der Waals surface area contributed by atoms with E-state index in [-0.39, 0.29) is 0 Å². The zero-order valence-electron chi connectivity index (χ0n) is 9.14. The zero-order valence-corrected chi connectivity index (χ0v) is 9.14. The Bertz CT molecular complexity index is 111. The summed E-state index contributed by atoms with van der Waals surface area (Å²) in [5.74, 6) is 1.74. The van der Waals surface area contributed by atoms with Gasteiger partial charge in [-0.05, 0) is 24.7 Å². The lowest BCUT2D eigenvalue weighted by molar-refractivity contribution is 0.359. The van der Waals surface area contributed by atoms with Crippen molar-refractivity contribution in [1.82, 2.24) is 0 Å². The summed E-state index contributed by atoms with van der Waals surface area (Å²) in [7, 11) is 0. The first-order chi connectivity index (χ1) is 5.72. The quantitative estimate of drug-likeness (QED) is 0.515. The molecule has 0 saturated carbocycles. The van der Waals surface area contributed by atoms with E-state index in [0.29, 0.717) is 0 Å². The summed E-state index contributed by atoms with van der Waals surface area (Å²) in [4.78, 5) is 0. The molecule has 0 rings (SSSR count). The van der Waals surface area contributed by atoms with Crippen molar-refractivity contribution in [3.05, 3.63) is 12.2 Å². The van der Waals surface area contributed by atoms with Crippen molar-refractivity contribution in [3.8, 4) is 0 Å². The van der Waals surface area contributed by atoms with Gasteiger partial charge in [-0.2, -0.15) is 0 Å². The molecule has 0 saturated heterocycles. The van der Waals surface area contributed by atoms with Crippen LogP contribution in [0, 0.1) is 11.8 Å². The van der Waals surface area contributed by atoms with E-state index in [2.05, 4.69) is 39.8 Å². The maximum absolute atomic E-state index is 2.35. The average molecular weight is 168 g/mol. The third-order valence-electron chi connectivity index (χ3n) is 2.44. The van der Waals surface area contributed by atoms with Crippen LogP contribution in [0.25, 0.3) is 0 Å². The lowest BCUT2D eigenvalue weighted by Gasteiger charge is -2.17. The summed E-state index contributed by atoms with van der Waals surface area (Å²) >= 11 is 0. The van der Waals surface area contributed by atoms with Gasteiger partial charge in [0.15, 0.2) is 0 Å². The maximum atomic E-state index is 2.35. The predicted molar refractivity (Wildman–Crippen MR) is 57.3 cm³/mol. The Labute approximate surface area is 78.1 Å². The lowest BCUT2D eigenvalue weighted by atomic mass is 9.88. The molecule has 0 bridgehead atoms. The van der Waals surface area contributed by atoms with E-state index in [9.17, 15) is 0 Å². The topological polar surface area (TPSA) is 0 Å². The summed E-state index contributed by atoms with van der Waals surface area (Å²) in [5.41, 5.74) is 0. The first-order valence-corrected chi connectivity index (χ1v) is 5.37. The van der Waals surface area contributed by atoms with E-state index in [1.165, 1.54) is 25.7 Å². The van der Waals surface area contributed by atoms with Crippen LogP contribution in [0.3, 0.4) is 0 Å². The molecule has 0 radical (unpaired) electrons. The van der Waals surface area contributed by atoms with Crippen molar-refractivity contribution in [2.24, 2.45) is 11.8 Å². The van der Waals surface area contributed by atoms with Crippen molar-refractivity contribution >= 4 is 0 Å². The van der Waals surface area contributed by atoms with Gasteiger partial charge in [0.2, 0.25) is 0 Å². The third-order valence-corrected chi connectivity index (χ3v) is 2.44. The predicted octanol–water partition coefficient (Wildman–Crippen LogP) is 4.42. The first kappa shape index (κ1) is 11.7. The highest BCUT2D eigenvalue weighted by Crippen LogP contribution is 2.21. The van der Waals surface area contributed by atoms with Crippen LogP contribution < -0.4 is 0 Å². The van der Waals surface area contributed by atoms with E-state index in [1.807, 2.05) is 0 Å². The van der Waals surface area contributed by atoms with Crippen LogP contribution in [-0.4, -0.2) is 0 Å². The van der Waals surface area contributed by atoms with Gasteiger partial charge in [-0.25, -0.2) is 0 Å². The van der Waals surface area contributed by atoms with E-state index in [0.717, 1.165) is 11.8 Å². The number of hydrogen-bond acceptors (Lipinski definition) is 0. The van der Waals surface area contributed by atoms with Crippen molar-refractivity contribution < 1.29 is 0 Å². The van der Waals surface area contributed by atoms with Crippen LogP contribution in [0.15, 0.2) is 12.2 Å². The molecule has 72 valence electrons. The Hall–Kier alpha value is -0.260. The van der Waals surface area contributed by atoms with Gasteiger partial charge in [-0.3, -0.25) is 0 Å². The van der Waals surface area contributed by atoms with Gasteiger partial charge >= 0.3 is 0 Å². The molecule has 0 aliphatic rings. The Morgan fingerprint density at radius 1 is 1.08 bits per heavy atom. The largest absolute Gasteiger partial charge is 0.0888 e. The van der Waals surface area contributed by atoms with Crippen LogP contribution in [-0.2, 0) is 0 Å². The van der Waals surface area contributed by atoms with Crippen molar-refractivity contribution in [1.29, 1.82) is 0 Å². The van der Waals surface area contributed by atoms with Gasteiger partial charge in [0.05, 0.1) is 0 Å². The van der Waals surface area contributed by atoms with Gasteiger partial charge in [0.25, 0.3) is 0 Å². The maximum Gasteiger partial charge on any atom is -0.0320 e. The Morgan fingerprint density at radius 3 is 2.17 bits per heavy atom. The molecule has 12 heavy (non-hydrogen) atoms. The number of allylic oxidation sites excluding steroid dienone is 2. The van der Waals surface area contributed by atoms with E-state index >= 15 is 0 Å². The highest BCUT2D eigenvalue weighted by Gasteiger charge is 2.09. The third kappa shape index (κ3) is 5.40. The second kappa shape index (κ2) is 7.39. The van der Waals surface area contributed by atoms with Gasteiger partial charge in [0.1, 0.15) is 0 Å². The Morgan fingerprint density at radius 2 is 1.75 bits per heavy atom. The molecule has 0 aromatic carbocycles. The SMILES string of the molecule is CCC=CCC(CCC)C(C)C.